The SMILES string of the molecule is Cc1ccccc1N1CCN(C(=O)c2cc(C#N)c(=O)[nH]c2C)C(C)C1. The van der Waals surface area contributed by atoms with Gasteiger partial charge in [0.05, 0.1) is 5.56 Å². The lowest BCUT2D eigenvalue weighted by molar-refractivity contribution is 0.0673. The molecule has 3 rings (SSSR count). The number of anilines is 1. The van der Waals surface area contributed by atoms with Crippen molar-refractivity contribution in [3.05, 3.63) is 63.1 Å². The van der Waals surface area contributed by atoms with E-state index >= 15 is 0 Å². The molecule has 0 aliphatic carbocycles. The zero-order chi connectivity index (χ0) is 18.8. The van der Waals surface area contributed by atoms with Crippen molar-refractivity contribution in [3.8, 4) is 6.07 Å². The predicted molar refractivity (Wildman–Crippen MR) is 100 cm³/mol. The van der Waals surface area contributed by atoms with E-state index in [1.807, 2.05) is 30.0 Å². The third-order valence-electron chi connectivity index (χ3n) is 4.93. The number of hydrogen-bond acceptors (Lipinski definition) is 4. The van der Waals surface area contributed by atoms with Gasteiger partial charge in [0, 0.05) is 37.1 Å². The Morgan fingerprint density at radius 3 is 2.65 bits per heavy atom. The average molecular weight is 350 g/mol. The molecule has 2 aromatic rings. The monoisotopic (exact) mass is 350 g/mol. The minimum atomic E-state index is -0.459. The molecule has 1 aromatic carbocycles. The first kappa shape index (κ1) is 17.7. The van der Waals surface area contributed by atoms with E-state index in [1.165, 1.54) is 17.3 Å². The highest BCUT2D eigenvalue weighted by atomic mass is 16.2. The summed E-state index contributed by atoms with van der Waals surface area (Å²) in [5, 5.41) is 9.06. The molecule has 1 aliphatic rings. The first-order chi connectivity index (χ1) is 12.4. The summed E-state index contributed by atoms with van der Waals surface area (Å²) in [6.07, 6.45) is 0. The average Bonchev–Trinajstić information content (AvgIpc) is 2.61. The first-order valence-corrected chi connectivity index (χ1v) is 8.68. The van der Waals surface area contributed by atoms with Gasteiger partial charge in [0.15, 0.2) is 0 Å². The molecule has 1 unspecified atom stereocenters. The fourth-order valence-corrected chi connectivity index (χ4v) is 3.48. The summed E-state index contributed by atoms with van der Waals surface area (Å²) in [4.78, 5) is 31.4. The largest absolute Gasteiger partial charge is 0.367 e. The highest BCUT2D eigenvalue weighted by Gasteiger charge is 2.29. The number of aromatic amines is 1. The van der Waals surface area contributed by atoms with Crippen molar-refractivity contribution in [1.29, 1.82) is 5.26 Å². The maximum Gasteiger partial charge on any atom is 0.266 e. The van der Waals surface area contributed by atoms with Gasteiger partial charge in [-0.2, -0.15) is 5.26 Å². The Kier molecular flexibility index (Phi) is 4.81. The van der Waals surface area contributed by atoms with Gasteiger partial charge in [-0.15, -0.1) is 0 Å². The van der Waals surface area contributed by atoms with Gasteiger partial charge in [-0.1, -0.05) is 18.2 Å². The number of nitrogens with zero attached hydrogens (tertiary/aromatic N) is 3. The number of pyridine rings is 1. The number of nitriles is 1. The first-order valence-electron chi connectivity index (χ1n) is 8.68. The van der Waals surface area contributed by atoms with Gasteiger partial charge in [-0.25, -0.2) is 0 Å². The van der Waals surface area contributed by atoms with Gasteiger partial charge >= 0.3 is 0 Å². The topological polar surface area (TPSA) is 80.2 Å². The van der Waals surface area contributed by atoms with Crippen LogP contribution in [0.4, 0.5) is 5.69 Å². The predicted octanol–water partition coefficient (Wildman–Crippen LogP) is 2.21. The van der Waals surface area contributed by atoms with Crippen LogP contribution in [0, 0.1) is 25.2 Å². The summed E-state index contributed by atoms with van der Waals surface area (Å²) < 4.78 is 0. The smallest absolute Gasteiger partial charge is 0.266 e. The molecule has 6 heteroatoms. The molecule has 0 saturated carbocycles. The fraction of sp³-hybridized carbons (Fsp3) is 0.350. The second-order valence-electron chi connectivity index (χ2n) is 6.74. The molecule has 2 heterocycles. The molecular formula is C20H22N4O2. The number of rotatable bonds is 2. The van der Waals surface area contributed by atoms with Crippen LogP contribution in [0.1, 0.15) is 34.1 Å². The van der Waals surface area contributed by atoms with Gasteiger partial charge in [0.2, 0.25) is 0 Å². The molecule has 0 bridgehead atoms. The van der Waals surface area contributed by atoms with Gasteiger partial charge in [0.25, 0.3) is 11.5 Å². The lowest BCUT2D eigenvalue weighted by Gasteiger charge is -2.41. The van der Waals surface area contributed by atoms with E-state index in [0.717, 1.165) is 13.1 Å². The number of piperazine rings is 1. The summed E-state index contributed by atoms with van der Waals surface area (Å²) >= 11 is 0. The van der Waals surface area contributed by atoms with Crippen molar-refractivity contribution >= 4 is 11.6 Å². The molecule has 1 N–H and O–H groups in total. The zero-order valence-corrected chi connectivity index (χ0v) is 15.2. The molecule has 1 aliphatic heterocycles. The van der Waals surface area contributed by atoms with Crippen LogP contribution in [-0.2, 0) is 0 Å². The van der Waals surface area contributed by atoms with E-state index in [1.54, 1.807) is 6.92 Å². The number of carbonyl (C=O) groups excluding carboxylic acids is 1. The van der Waals surface area contributed by atoms with Crippen LogP contribution in [0.5, 0.6) is 0 Å². The van der Waals surface area contributed by atoms with Gasteiger partial charge in [0.1, 0.15) is 11.6 Å². The van der Waals surface area contributed by atoms with Crippen molar-refractivity contribution in [1.82, 2.24) is 9.88 Å². The third-order valence-corrected chi connectivity index (χ3v) is 4.93. The van der Waals surface area contributed by atoms with E-state index in [-0.39, 0.29) is 17.5 Å². The number of H-pyrrole nitrogens is 1. The summed E-state index contributed by atoms with van der Waals surface area (Å²) in [6, 6.07) is 11.5. The molecule has 0 radical (unpaired) electrons. The van der Waals surface area contributed by atoms with Crippen LogP contribution in [0.3, 0.4) is 0 Å². The van der Waals surface area contributed by atoms with Crippen molar-refractivity contribution in [2.45, 2.75) is 26.8 Å². The Morgan fingerprint density at radius 1 is 1.27 bits per heavy atom. The molecular weight excluding hydrogens is 328 g/mol. The molecule has 1 saturated heterocycles. The van der Waals surface area contributed by atoms with Crippen LogP contribution in [-0.4, -0.2) is 41.5 Å². The number of aromatic nitrogens is 1. The van der Waals surface area contributed by atoms with Gasteiger partial charge in [-0.3, -0.25) is 9.59 Å². The summed E-state index contributed by atoms with van der Waals surface area (Å²) in [5.41, 5.74) is 2.79. The van der Waals surface area contributed by atoms with Crippen LogP contribution in [0.25, 0.3) is 0 Å². The molecule has 1 fully saturated rings. The van der Waals surface area contributed by atoms with E-state index in [2.05, 4.69) is 28.9 Å². The van der Waals surface area contributed by atoms with E-state index < -0.39 is 5.56 Å². The summed E-state index contributed by atoms with van der Waals surface area (Å²) in [5.74, 6) is -0.146. The Balaban J connectivity index is 1.82. The maximum absolute atomic E-state index is 13.0. The second kappa shape index (κ2) is 7.04. The Hall–Kier alpha value is -3.07. The zero-order valence-electron chi connectivity index (χ0n) is 15.2. The minimum absolute atomic E-state index is 0.0210. The van der Waals surface area contributed by atoms with Crippen LogP contribution in [0.2, 0.25) is 0 Å². The van der Waals surface area contributed by atoms with E-state index in [0.29, 0.717) is 17.8 Å². The number of carbonyl (C=O) groups is 1. The minimum Gasteiger partial charge on any atom is -0.367 e. The van der Waals surface area contributed by atoms with Crippen molar-refractivity contribution in [2.24, 2.45) is 0 Å². The standard InChI is InChI=1S/C20H22N4O2/c1-13-6-4-5-7-18(13)23-8-9-24(14(2)12-23)20(26)17-10-16(11-21)19(25)22-15(17)3/h4-7,10,14H,8-9,12H2,1-3H3,(H,22,25). The lowest BCUT2D eigenvalue weighted by Crippen LogP contribution is -2.54. The van der Waals surface area contributed by atoms with Crippen molar-refractivity contribution < 1.29 is 4.79 Å². The number of nitrogens with one attached hydrogen (secondary N) is 1. The highest BCUT2D eigenvalue weighted by Crippen LogP contribution is 2.24. The summed E-state index contributed by atoms with van der Waals surface area (Å²) in [6.45, 7) is 7.87. The fourth-order valence-electron chi connectivity index (χ4n) is 3.48. The van der Waals surface area contributed by atoms with Crippen molar-refractivity contribution in [3.63, 3.8) is 0 Å². The van der Waals surface area contributed by atoms with Crippen LogP contribution >= 0.6 is 0 Å². The Labute approximate surface area is 152 Å². The van der Waals surface area contributed by atoms with Gasteiger partial charge < -0.3 is 14.8 Å². The number of para-hydroxylation sites is 1. The molecule has 26 heavy (non-hydrogen) atoms. The Morgan fingerprint density at radius 2 is 2.00 bits per heavy atom. The Bertz CT molecular complexity index is 942. The van der Waals surface area contributed by atoms with Gasteiger partial charge in [-0.05, 0) is 38.5 Å². The maximum atomic E-state index is 13.0. The molecule has 1 amide bonds. The molecule has 6 nitrogen and oxygen atoms in total. The summed E-state index contributed by atoms with van der Waals surface area (Å²) in [7, 11) is 0. The number of benzene rings is 1. The number of hydrogen-bond donors (Lipinski definition) is 1. The molecule has 1 aromatic heterocycles. The number of aryl methyl sites for hydroxylation is 2. The molecule has 134 valence electrons. The van der Waals surface area contributed by atoms with Crippen LogP contribution in [0.15, 0.2) is 35.1 Å². The van der Waals surface area contributed by atoms with E-state index in [9.17, 15) is 9.59 Å². The van der Waals surface area contributed by atoms with E-state index in [4.69, 9.17) is 5.26 Å². The van der Waals surface area contributed by atoms with Crippen LogP contribution < -0.4 is 10.5 Å². The highest BCUT2D eigenvalue weighted by molar-refractivity contribution is 5.96. The lowest BCUT2D eigenvalue weighted by atomic mass is 10.1. The normalized spacial score (nSPS) is 17.1. The van der Waals surface area contributed by atoms with Crippen molar-refractivity contribution in [2.75, 3.05) is 24.5 Å². The quantitative estimate of drug-likeness (QED) is 0.900. The molecule has 0 spiro atoms. The number of amides is 1. The third kappa shape index (κ3) is 3.21. The molecule has 1 atom stereocenters. The second-order valence-corrected chi connectivity index (χ2v) is 6.74.